The Kier molecular flexibility index (Phi) is 6.53. The molecule has 0 aliphatic rings. The topological polar surface area (TPSA) is 137 Å². The SMILES string of the molecule is O=C(Oc1ccccc1/C=N\Nc1ccc([N+](=O)[O-])cc1[N+](=O)[O-])c1ccc(Cl)cc1. The summed E-state index contributed by atoms with van der Waals surface area (Å²) in [6.45, 7) is 0. The largest absolute Gasteiger partial charge is 0.422 e. The van der Waals surface area contributed by atoms with Crippen LogP contribution in [0.3, 0.4) is 0 Å². The molecule has 156 valence electrons. The van der Waals surface area contributed by atoms with Gasteiger partial charge < -0.3 is 4.74 Å². The monoisotopic (exact) mass is 440 g/mol. The van der Waals surface area contributed by atoms with E-state index in [0.717, 1.165) is 12.1 Å². The Morgan fingerprint density at radius 3 is 2.39 bits per heavy atom. The summed E-state index contributed by atoms with van der Waals surface area (Å²) >= 11 is 5.81. The van der Waals surface area contributed by atoms with Crippen LogP contribution in [0.4, 0.5) is 17.1 Å². The highest BCUT2D eigenvalue weighted by molar-refractivity contribution is 6.30. The molecule has 0 saturated carbocycles. The molecule has 0 aromatic heterocycles. The highest BCUT2D eigenvalue weighted by atomic mass is 35.5. The lowest BCUT2D eigenvalue weighted by Gasteiger charge is -2.07. The van der Waals surface area contributed by atoms with E-state index < -0.39 is 27.2 Å². The molecule has 0 fully saturated rings. The van der Waals surface area contributed by atoms with E-state index in [9.17, 15) is 25.0 Å². The predicted molar refractivity (Wildman–Crippen MR) is 114 cm³/mol. The van der Waals surface area contributed by atoms with Crippen molar-refractivity contribution in [1.29, 1.82) is 0 Å². The average molecular weight is 441 g/mol. The molecule has 0 bridgehead atoms. The van der Waals surface area contributed by atoms with Crippen molar-refractivity contribution in [2.75, 3.05) is 5.43 Å². The van der Waals surface area contributed by atoms with Crippen molar-refractivity contribution in [2.24, 2.45) is 5.10 Å². The first-order valence-electron chi connectivity index (χ1n) is 8.64. The molecule has 0 heterocycles. The fourth-order valence-electron chi connectivity index (χ4n) is 2.48. The summed E-state index contributed by atoms with van der Waals surface area (Å²) in [5.41, 5.74) is 2.24. The van der Waals surface area contributed by atoms with Crippen LogP contribution >= 0.6 is 11.6 Å². The number of carbonyl (C=O) groups is 1. The van der Waals surface area contributed by atoms with Crippen LogP contribution in [-0.2, 0) is 0 Å². The minimum atomic E-state index is -0.757. The van der Waals surface area contributed by atoms with E-state index in [-0.39, 0.29) is 11.4 Å². The third kappa shape index (κ3) is 5.40. The second-order valence-electron chi connectivity index (χ2n) is 6.02. The molecular weight excluding hydrogens is 428 g/mol. The average Bonchev–Trinajstić information content (AvgIpc) is 2.75. The van der Waals surface area contributed by atoms with Gasteiger partial charge in [-0.3, -0.25) is 25.7 Å². The Hall–Kier alpha value is -4.31. The Balaban J connectivity index is 1.78. The number of anilines is 1. The van der Waals surface area contributed by atoms with Crippen molar-refractivity contribution in [2.45, 2.75) is 0 Å². The summed E-state index contributed by atoms with van der Waals surface area (Å²) in [6, 6.07) is 15.8. The van der Waals surface area contributed by atoms with Gasteiger partial charge in [0.25, 0.3) is 5.69 Å². The number of nitrogens with zero attached hydrogens (tertiary/aromatic N) is 3. The maximum Gasteiger partial charge on any atom is 0.343 e. The number of esters is 1. The highest BCUT2D eigenvalue weighted by Gasteiger charge is 2.19. The first kappa shape index (κ1) is 21.4. The zero-order chi connectivity index (χ0) is 22.4. The number of non-ortho nitro benzene ring substituents is 1. The summed E-state index contributed by atoms with van der Waals surface area (Å²) in [4.78, 5) is 32.8. The van der Waals surface area contributed by atoms with Gasteiger partial charge in [-0.25, -0.2) is 4.79 Å². The third-order valence-electron chi connectivity index (χ3n) is 3.98. The van der Waals surface area contributed by atoms with Crippen LogP contribution in [0.2, 0.25) is 5.02 Å². The molecule has 0 atom stereocenters. The minimum absolute atomic E-state index is 0.0394. The predicted octanol–water partition coefficient (Wildman–Crippen LogP) is 4.82. The fourth-order valence-corrected chi connectivity index (χ4v) is 2.60. The molecule has 31 heavy (non-hydrogen) atoms. The number of benzene rings is 3. The summed E-state index contributed by atoms with van der Waals surface area (Å²) in [5.74, 6) is -0.386. The number of ether oxygens (including phenoxy) is 1. The molecule has 3 aromatic carbocycles. The third-order valence-corrected chi connectivity index (χ3v) is 4.23. The number of nitrogens with one attached hydrogen (secondary N) is 1. The molecule has 0 aliphatic heterocycles. The van der Waals surface area contributed by atoms with Gasteiger partial charge in [-0.1, -0.05) is 23.7 Å². The second-order valence-corrected chi connectivity index (χ2v) is 6.46. The Morgan fingerprint density at radius 1 is 1.00 bits per heavy atom. The van der Waals surface area contributed by atoms with Crippen molar-refractivity contribution < 1.29 is 19.4 Å². The van der Waals surface area contributed by atoms with E-state index in [2.05, 4.69) is 10.5 Å². The Labute approximate surface area is 180 Å². The molecule has 3 aromatic rings. The zero-order valence-corrected chi connectivity index (χ0v) is 16.4. The Bertz CT molecular complexity index is 1180. The zero-order valence-electron chi connectivity index (χ0n) is 15.6. The lowest BCUT2D eigenvalue weighted by atomic mass is 10.2. The summed E-state index contributed by atoms with van der Waals surface area (Å²) in [5, 5.41) is 26.4. The van der Waals surface area contributed by atoms with Crippen molar-refractivity contribution in [1.82, 2.24) is 0 Å². The summed E-state index contributed by atoms with van der Waals surface area (Å²) < 4.78 is 5.39. The van der Waals surface area contributed by atoms with E-state index in [0.29, 0.717) is 16.1 Å². The first-order chi connectivity index (χ1) is 14.8. The molecule has 10 nitrogen and oxygen atoms in total. The van der Waals surface area contributed by atoms with Gasteiger partial charge >= 0.3 is 11.7 Å². The quantitative estimate of drug-likeness (QED) is 0.183. The van der Waals surface area contributed by atoms with E-state index >= 15 is 0 Å². The molecule has 0 spiro atoms. The smallest absolute Gasteiger partial charge is 0.343 e. The number of hydrazone groups is 1. The molecule has 0 amide bonds. The van der Waals surface area contributed by atoms with Crippen molar-refractivity contribution >= 4 is 40.8 Å². The van der Waals surface area contributed by atoms with Gasteiger partial charge in [0.15, 0.2) is 0 Å². The number of hydrogen-bond acceptors (Lipinski definition) is 8. The van der Waals surface area contributed by atoms with Crippen molar-refractivity contribution in [3.63, 3.8) is 0 Å². The van der Waals surface area contributed by atoms with Gasteiger partial charge in [-0.05, 0) is 42.5 Å². The number of nitro benzene ring substituents is 2. The van der Waals surface area contributed by atoms with E-state index in [4.69, 9.17) is 16.3 Å². The van der Waals surface area contributed by atoms with Crippen LogP contribution in [0.1, 0.15) is 15.9 Å². The molecule has 3 rings (SSSR count). The summed E-state index contributed by atoms with van der Waals surface area (Å²) in [7, 11) is 0. The fraction of sp³-hybridized carbons (Fsp3) is 0. The lowest BCUT2D eigenvalue weighted by Crippen LogP contribution is -2.09. The van der Waals surface area contributed by atoms with Crippen molar-refractivity contribution in [3.05, 3.63) is 103 Å². The number of nitro groups is 2. The molecule has 0 aliphatic carbocycles. The Morgan fingerprint density at radius 2 is 1.71 bits per heavy atom. The highest BCUT2D eigenvalue weighted by Crippen LogP contribution is 2.29. The molecule has 0 unspecified atom stereocenters. The van der Waals surface area contributed by atoms with Crippen LogP contribution in [0.25, 0.3) is 0 Å². The van der Waals surface area contributed by atoms with E-state index in [1.807, 2.05) is 0 Å². The van der Waals surface area contributed by atoms with Gasteiger partial charge in [-0.2, -0.15) is 5.10 Å². The molecule has 0 saturated heterocycles. The van der Waals surface area contributed by atoms with Gasteiger partial charge in [0.2, 0.25) is 0 Å². The van der Waals surface area contributed by atoms with Crippen LogP contribution in [0.15, 0.2) is 71.8 Å². The van der Waals surface area contributed by atoms with Crippen LogP contribution in [0, 0.1) is 20.2 Å². The lowest BCUT2D eigenvalue weighted by molar-refractivity contribution is -0.393. The van der Waals surface area contributed by atoms with E-state index in [1.165, 1.54) is 24.4 Å². The maximum atomic E-state index is 12.3. The summed E-state index contributed by atoms with van der Waals surface area (Å²) in [6.07, 6.45) is 1.30. The molecule has 1 N–H and O–H groups in total. The molecular formula is C20H13ClN4O6. The van der Waals surface area contributed by atoms with Gasteiger partial charge in [0.05, 0.1) is 27.7 Å². The van der Waals surface area contributed by atoms with Gasteiger partial charge in [0, 0.05) is 16.7 Å². The van der Waals surface area contributed by atoms with Crippen LogP contribution in [-0.4, -0.2) is 22.0 Å². The molecule has 0 radical (unpaired) electrons. The van der Waals surface area contributed by atoms with Crippen LogP contribution < -0.4 is 10.2 Å². The minimum Gasteiger partial charge on any atom is -0.422 e. The normalized spacial score (nSPS) is 10.6. The standard InChI is InChI=1S/C20H13ClN4O6/c21-15-7-5-13(6-8-15)20(26)31-19-4-2-1-3-14(19)12-22-23-17-10-9-16(24(27)28)11-18(17)25(29)30/h1-12,23H/b22-12-. The second kappa shape index (κ2) is 9.46. The number of halogens is 1. The number of para-hydroxylation sites is 1. The first-order valence-corrected chi connectivity index (χ1v) is 9.01. The molecule has 11 heteroatoms. The van der Waals surface area contributed by atoms with Crippen LogP contribution in [0.5, 0.6) is 5.75 Å². The van der Waals surface area contributed by atoms with E-state index in [1.54, 1.807) is 36.4 Å². The van der Waals surface area contributed by atoms with Gasteiger partial charge in [0.1, 0.15) is 11.4 Å². The van der Waals surface area contributed by atoms with Gasteiger partial charge in [-0.15, -0.1) is 0 Å². The number of carbonyl (C=O) groups excluding carboxylic acids is 1. The maximum absolute atomic E-state index is 12.3. The number of rotatable bonds is 7. The number of hydrogen-bond donors (Lipinski definition) is 1. The van der Waals surface area contributed by atoms with Crippen molar-refractivity contribution in [3.8, 4) is 5.75 Å².